The molecule has 0 radical (unpaired) electrons. The van der Waals surface area contributed by atoms with Gasteiger partial charge in [0, 0.05) is 16.2 Å². The molecule has 0 heterocycles. The van der Waals surface area contributed by atoms with Crippen molar-refractivity contribution in [2.45, 2.75) is 25.8 Å². The number of aryl methyl sites for hydroxylation is 1. The van der Waals surface area contributed by atoms with Crippen LogP contribution in [-0.2, 0) is 9.59 Å². The molecule has 1 fully saturated rings. The number of carbonyl (C=O) groups excluding carboxylic acids is 1. The van der Waals surface area contributed by atoms with E-state index in [4.69, 9.17) is 5.11 Å². The van der Waals surface area contributed by atoms with Crippen LogP contribution in [0.25, 0.3) is 0 Å². The number of halogens is 1. The molecule has 0 bridgehead atoms. The maximum Gasteiger partial charge on any atom is 0.317 e. The van der Waals surface area contributed by atoms with Gasteiger partial charge < -0.3 is 10.4 Å². The second kappa shape index (κ2) is 6.37. The summed E-state index contributed by atoms with van der Waals surface area (Å²) in [5.74, 6) is -1.08. The quantitative estimate of drug-likeness (QED) is 0.833. The van der Waals surface area contributed by atoms with Crippen molar-refractivity contribution < 1.29 is 14.7 Å². The minimum Gasteiger partial charge on any atom is -0.480 e. The fraction of sp³-hybridized carbons (Fsp3) is 0.429. The SMILES string of the molecule is Cc1cc(Br)ccc1NC(=O)CN(CC(=O)O)C1CC1. The number of rotatable bonds is 6. The highest BCUT2D eigenvalue weighted by atomic mass is 79.9. The molecule has 1 saturated carbocycles. The molecule has 1 aromatic rings. The summed E-state index contributed by atoms with van der Waals surface area (Å²) in [5.41, 5.74) is 1.72. The van der Waals surface area contributed by atoms with Crippen LogP contribution in [0.1, 0.15) is 18.4 Å². The largest absolute Gasteiger partial charge is 0.480 e. The predicted molar refractivity (Wildman–Crippen MR) is 79.7 cm³/mol. The van der Waals surface area contributed by atoms with Crippen LogP contribution >= 0.6 is 15.9 Å². The van der Waals surface area contributed by atoms with Crippen LogP contribution in [0, 0.1) is 6.92 Å². The number of hydrogen-bond acceptors (Lipinski definition) is 3. The normalized spacial score (nSPS) is 14.3. The topological polar surface area (TPSA) is 69.6 Å². The summed E-state index contributed by atoms with van der Waals surface area (Å²) in [6.07, 6.45) is 1.94. The van der Waals surface area contributed by atoms with Gasteiger partial charge in [-0.15, -0.1) is 0 Å². The highest BCUT2D eigenvalue weighted by molar-refractivity contribution is 9.10. The van der Waals surface area contributed by atoms with Gasteiger partial charge in [-0.2, -0.15) is 0 Å². The number of carbonyl (C=O) groups is 2. The van der Waals surface area contributed by atoms with Crippen LogP contribution in [-0.4, -0.2) is 41.0 Å². The smallest absolute Gasteiger partial charge is 0.317 e. The summed E-state index contributed by atoms with van der Waals surface area (Å²) in [5, 5.41) is 11.7. The van der Waals surface area contributed by atoms with Crippen LogP contribution in [0.2, 0.25) is 0 Å². The van der Waals surface area contributed by atoms with Gasteiger partial charge in [0.1, 0.15) is 0 Å². The molecule has 20 heavy (non-hydrogen) atoms. The van der Waals surface area contributed by atoms with E-state index in [-0.39, 0.29) is 25.0 Å². The lowest BCUT2D eigenvalue weighted by Crippen LogP contribution is -2.38. The molecule has 2 rings (SSSR count). The molecule has 0 spiro atoms. The maximum atomic E-state index is 12.0. The number of carboxylic acid groups (broad SMARTS) is 1. The summed E-state index contributed by atoms with van der Waals surface area (Å²) in [4.78, 5) is 24.5. The first-order chi connectivity index (χ1) is 9.45. The number of anilines is 1. The average molecular weight is 341 g/mol. The number of benzene rings is 1. The van der Waals surface area contributed by atoms with Gasteiger partial charge in [0.05, 0.1) is 13.1 Å². The van der Waals surface area contributed by atoms with Crippen LogP contribution in [0.15, 0.2) is 22.7 Å². The first kappa shape index (κ1) is 15.0. The molecule has 1 aromatic carbocycles. The summed E-state index contributed by atoms with van der Waals surface area (Å²) >= 11 is 3.37. The van der Waals surface area contributed by atoms with Crippen molar-refractivity contribution in [2.75, 3.05) is 18.4 Å². The molecule has 0 aromatic heterocycles. The molecule has 6 heteroatoms. The average Bonchev–Trinajstić information content (AvgIpc) is 3.15. The lowest BCUT2D eigenvalue weighted by atomic mass is 10.2. The van der Waals surface area contributed by atoms with Crippen LogP contribution in [0.5, 0.6) is 0 Å². The molecular weight excluding hydrogens is 324 g/mol. The minimum absolute atomic E-state index is 0.0859. The van der Waals surface area contributed by atoms with Crippen molar-refractivity contribution in [1.29, 1.82) is 0 Å². The van der Waals surface area contributed by atoms with Crippen molar-refractivity contribution in [3.05, 3.63) is 28.2 Å². The highest BCUT2D eigenvalue weighted by Crippen LogP contribution is 2.26. The predicted octanol–water partition coefficient (Wildman–Crippen LogP) is 2.25. The maximum absolute atomic E-state index is 12.0. The van der Waals surface area contributed by atoms with Crippen LogP contribution in [0.3, 0.4) is 0 Å². The molecule has 2 N–H and O–H groups in total. The second-order valence-electron chi connectivity index (χ2n) is 5.04. The van der Waals surface area contributed by atoms with Gasteiger partial charge >= 0.3 is 5.97 Å². The van der Waals surface area contributed by atoms with Crippen molar-refractivity contribution in [3.63, 3.8) is 0 Å². The minimum atomic E-state index is -0.899. The van der Waals surface area contributed by atoms with Gasteiger partial charge in [-0.05, 0) is 43.5 Å². The number of carboxylic acids is 1. The first-order valence-corrected chi connectivity index (χ1v) is 7.27. The van der Waals surface area contributed by atoms with Gasteiger partial charge in [0.25, 0.3) is 0 Å². The molecule has 1 aliphatic carbocycles. The highest BCUT2D eigenvalue weighted by Gasteiger charge is 2.31. The Kier molecular flexibility index (Phi) is 4.77. The fourth-order valence-electron chi connectivity index (χ4n) is 2.07. The molecule has 108 valence electrons. The molecule has 0 saturated heterocycles. The Morgan fingerprint density at radius 3 is 2.65 bits per heavy atom. The Morgan fingerprint density at radius 1 is 1.40 bits per heavy atom. The van der Waals surface area contributed by atoms with Crippen LogP contribution < -0.4 is 5.32 Å². The molecule has 1 aliphatic rings. The molecule has 0 atom stereocenters. The van der Waals surface area contributed by atoms with Gasteiger partial charge in [-0.1, -0.05) is 15.9 Å². The molecular formula is C14H17BrN2O3. The van der Waals surface area contributed by atoms with E-state index >= 15 is 0 Å². The summed E-state index contributed by atoms with van der Waals surface area (Å²) in [6.45, 7) is 1.94. The summed E-state index contributed by atoms with van der Waals surface area (Å²) in [7, 11) is 0. The zero-order valence-corrected chi connectivity index (χ0v) is 12.8. The van der Waals surface area contributed by atoms with Gasteiger partial charge in [0.15, 0.2) is 0 Å². The van der Waals surface area contributed by atoms with E-state index in [2.05, 4.69) is 21.2 Å². The number of nitrogens with zero attached hydrogens (tertiary/aromatic N) is 1. The zero-order valence-electron chi connectivity index (χ0n) is 11.2. The van der Waals surface area contributed by atoms with E-state index in [0.29, 0.717) is 0 Å². The van der Waals surface area contributed by atoms with E-state index < -0.39 is 5.97 Å². The number of hydrogen-bond donors (Lipinski definition) is 2. The third-order valence-corrected chi connectivity index (χ3v) is 3.70. The number of aliphatic carboxylic acids is 1. The van der Waals surface area contributed by atoms with E-state index in [1.54, 1.807) is 4.90 Å². The molecule has 1 amide bonds. The van der Waals surface area contributed by atoms with Crippen molar-refractivity contribution in [2.24, 2.45) is 0 Å². The monoisotopic (exact) mass is 340 g/mol. The fourth-order valence-corrected chi connectivity index (χ4v) is 2.54. The number of nitrogens with one attached hydrogen (secondary N) is 1. The lowest BCUT2D eigenvalue weighted by Gasteiger charge is -2.19. The third kappa shape index (κ3) is 4.31. The third-order valence-electron chi connectivity index (χ3n) is 3.21. The Hall–Kier alpha value is -1.40. The number of amides is 1. The lowest BCUT2D eigenvalue weighted by molar-refractivity contribution is -0.138. The van der Waals surface area contributed by atoms with E-state index in [1.807, 2.05) is 25.1 Å². The van der Waals surface area contributed by atoms with E-state index in [0.717, 1.165) is 28.6 Å². The van der Waals surface area contributed by atoms with Crippen molar-refractivity contribution >= 4 is 33.5 Å². The van der Waals surface area contributed by atoms with Crippen molar-refractivity contribution in [3.8, 4) is 0 Å². The van der Waals surface area contributed by atoms with Crippen LogP contribution in [0.4, 0.5) is 5.69 Å². The second-order valence-corrected chi connectivity index (χ2v) is 5.95. The van der Waals surface area contributed by atoms with Gasteiger partial charge in [-0.25, -0.2) is 0 Å². The standard InChI is InChI=1S/C14H17BrN2O3/c1-9-6-10(15)2-5-12(9)16-13(18)7-17(8-14(19)20)11-3-4-11/h2,5-6,11H,3-4,7-8H2,1H3,(H,16,18)(H,19,20). The summed E-state index contributed by atoms with van der Waals surface area (Å²) in [6, 6.07) is 5.85. The Bertz CT molecular complexity index is 529. The first-order valence-electron chi connectivity index (χ1n) is 6.47. The van der Waals surface area contributed by atoms with Crippen molar-refractivity contribution in [1.82, 2.24) is 4.90 Å². The molecule has 0 unspecified atom stereocenters. The van der Waals surface area contributed by atoms with E-state index in [1.165, 1.54) is 0 Å². The Morgan fingerprint density at radius 2 is 2.10 bits per heavy atom. The van der Waals surface area contributed by atoms with E-state index in [9.17, 15) is 9.59 Å². The zero-order chi connectivity index (χ0) is 14.7. The van der Waals surface area contributed by atoms with Gasteiger partial charge in [-0.3, -0.25) is 14.5 Å². The molecule has 0 aliphatic heterocycles. The molecule has 5 nitrogen and oxygen atoms in total. The van der Waals surface area contributed by atoms with Gasteiger partial charge in [0.2, 0.25) is 5.91 Å². The summed E-state index contributed by atoms with van der Waals surface area (Å²) < 4.78 is 0.957. The Balaban J connectivity index is 1.95. The Labute approximate surface area is 126 Å².